The normalized spacial score (nSPS) is 17.0. The van der Waals surface area contributed by atoms with Crippen molar-refractivity contribution in [3.63, 3.8) is 0 Å². The number of oxazole rings is 1. The van der Waals surface area contributed by atoms with Crippen LogP contribution in [0.5, 0.6) is 0 Å². The maximum Gasteiger partial charge on any atom is 0.328 e. The number of hydrogen-bond donors (Lipinski definition) is 1. The molecule has 4 rings (SSSR count). The van der Waals surface area contributed by atoms with E-state index >= 15 is 0 Å². The van der Waals surface area contributed by atoms with Gasteiger partial charge in [0.25, 0.3) is 0 Å². The molecule has 0 saturated carbocycles. The van der Waals surface area contributed by atoms with Crippen molar-refractivity contribution in [3.05, 3.63) is 94.2 Å². The summed E-state index contributed by atoms with van der Waals surface area (Å²) in [6.07, 6.45) is 7.40. The van der Waals surface area contributed by atoms with Gasteiger partial charge in [0.1, 0.15) is 5.76 Å². The Morgan fingerprint density at radius 2 is 1.90 bits per heavy atom. The van der Waals surface area contributed by atoms with Crippen LogP contribution in [0, 0.1) is 0 Å². The zero-order valence-electron chi connectivity index (χ0n) is 16.5. The van der Waals surface area contributed by atoms with Crippen molar-refractivity contribution in [2.45, 2.75) is 31.8 Å². The molecule has 1 aromatic heterocycles. The molecule has 1 saturated heterocycles. The third-order valence-electron chi connectivity index (χ3n) is 5.30. The van der Waals surface area contributed by atoms with Crippen LogP contribution in [0.1, 0.15) is 47.2 Å². The number of aliphatic carboxylic acids is 1. The third-order valence-corrected chi connectivity index (χ3v) is 5.55. The van der Waals surface area contributed by atoms with Crippen molar-refractivity contribution in [2.75, 3.05) is 6.54 Å². The number of likely N-dealkylation sites (tertiary alicyclic amines) is 1. The quantitative estimate of drug-likeness (QED) is 0.519. The van der Waals surface area contributed by atoms with E-state index in [4.69, 9.17) is 21.1 Å². The van der Waals surface area contributed by atoms with E-state index in [1.165, 1.54) is 5.56 Å². The largest absolute Gasteiger partial charge is 0.478 e. The minimum Gasteiger partial charge on any atom is -0.478 e. The third kappa shape index (κ3) is 5.17. The van der Waals surface area contributed by atoms with Crippen LogP contribution in [0.3, 0.4) is 0 Å². The van der Waals surface area contributed by atoms with Crippen LogP contribution >= 0.6 is 11.6 Å². The lowest BCUT2D eigenvalue weighted by Gasteiger charge is -2.22. The van der Waals surface area contributed by atoms with Gasteiger partial charge in [-0.2, -0.15) is 0 Å². The van der Waals surface area contributed by atoms with Crippen LogP contribution in [-0.2, 0) is 17.8 Å². The second-order valence-corrected chi connectivity index (χ2v) is 7.95. The van der Waals surface area contributed by atoms with Crippen LogP contribution in [0.4, 0.5) is 0 Å². The predicted octanol–water partition coefficient (Wildman–Crippen LogP) is 5.35. The molecule has 154 valence electrons. The standard InChI is InChI=1S/C24H23ClN2O3/c25-20-10-7-18(8-11-20)14-21-15-26-24(30-21)22-2-1-13-27(22)16-19-5-3-17(4-6-19)9-12-23(28)29/h3-12,15,22H,1-2,13-14,16H2,(H,28,29)/b12-9+. The van der Waals surface area contributed by atoms with E-state index < -0.39 is 5.97 Å². The van der Waals surface area contributed by atoms with Crippen molar-refractivity contribution in [3.8, 4) is 0 Å². The average molecular weight is 423 g/mol. The lowest BCUT2D eigenvalue weighted by atomic mass is 10.1. The molecule has 1 N–H and O–H groups in total. The molecular formula is C24H23ClN2O3. The highest BCUT2D eigenvalue weighted by atomic mass is 35.5. The minimum absolute atomic E-state index is 0.176. The SMILES string of the molecule is O=C(O)/C=C/c1ccc(CN2CCCC2c2ncc(Cc3ccc(Cl)cc3)o2)cc1. The fourth-order valence-electron chi connectivity index (χ4n) is 3.79. The molecular weight excluding hydrogens is 400 g/mol. The summed E-state index contributed by atoms with van der Waals surface area (Å²) >= 11 is 5.96. The summed E-state index contributed by atoms with van der Waals surface area (Å²) in [6.45, 7) is 1.81. The van der Waals surface area contributed by atoms with Crippen LogP contribution in [-0.4, -0.2) is 27.5 Å². The maximum absolute atomic E-state index is 10.6. The van der Waals surface area contributed by atoms with Gasteiger partial charge in [-0.05, 0) is 54.3 Å². The molecule has 2 heterocycles. The number of carboxylic acids is 1. The van der Waals surface area contributed by atoms with Crippen LogP contribution in [0.15, 0.2) is 65.2 Å². The fourth-order valence-corrected chi connectivity index (χ4v) is 3.92. The molecule has 0 radical (unpaired) electrons. The smallest absolute Gasteiger partial charge is 0.328 e. The molecule has 0 spiro atoms. The van der Waals surface area contributed by atoms with Gasteiger partial charge in [-0.15, -0.1) is 0 Å². The zero-order chi connectivity index (χ0) is 20.9. The molecule has 6 heteroatoms. The highest BCUT2D eigenvalue weighted by Crippen LogP contribution is 2.33. The van der Waals surface area contributed by atoms with Gasteiger partial charge >= 0.3 is 5.97 Å². The second-order valence-electron chi connectivity index (χ2n) is 7.51. The van der Waals surface area contributed by atoms with Gasteiger partial charge in [-0.25, -0.2) is 9.78 Å². The summed E-state index contributed by atoms with van der Waals surface area (Å²) in [5.41, 5.74) is 3.20. The summed E-state index contributed by atoms with van der Waals surface area (Å²) in [4.78, 5) is 17.6. The molecule has 3 aromatic rings. The maximum atomic E-state index is 10.6. The first kappa shape index (κ1) is 20.4. The molecule has 0 bridgehead atoms. The molecule has 0 aliphatic carbocycles. The van der Waals surface area contributed by atoms with E-state index in [0.717, 1.165) is 59.8 Å². The van der Waals surface area contributed by atoms with Crippen molar-refractivity contribution in [1.29, 1.82) is 0 Å². The highest BCUT2D eigenvalue weighted by Gasteiger charge is 2.29. The molecule has 30 heavy (non-hydrogen) atoms. The van der Waals surface area contributed by atoms with Gasteiger partial charge in [0.2, 0.25) is 5.89 Å². The second kappa shape index (κ2) is 9.28. The van der Waals surface area contributed by atoms with E-state index in [0.29, 0.717) is 6.42 Å². The average Bonchev–Trinajstić information content (AvgIpc) is 3.38. The Balaban J connectivity index is 1.40. The Morgan fingerprint density at radius 3 is 2.63 bits per heavy atom. The van der Waals surface area contributed by atoms with Crippen LogP contribution < -0.4 is 0 Å². The van der Waals surface area contributed by atoms with E-state index in [1.807, 2.05) is 54.7 Å². The number of halogens is 1. The van der Waals surface area contributed by atoms with E-state index in [2.05, 4.69) is 9.88 Å². The Morgan fingerprint density at radius 1 is 1.17 bits per heavy atom. The molecule has 2 aromatic carbocycles. The predicted molar refractivity (Wildman–Crippen MR) is 116 cm³/mol. The Kier molecular flexibility index (Phi) is 6.31. The Hall–Kier alpha value is -2.89. The Bertz CT molecular complexity index is 1030. The van der Waals surface area contributed by atoms with Gasteiger partial charge in [0.05, 0.1) is 12.2 Å². The van der Waals surface area contributed by atoms with Gasteiger partial charge in [-0.1, -0.05) is 48.0 Å². The van der Waals surface area contributed by atoms with Crippen LogP contribution in [0.2, 0.25) is 5.02 Å². The number of rotatable bonds is 7. The molecule has 1 aliphatic rings. The monoisotopic (exact) mass is 422 g/mol. The number of carbonyl (C=O) groups is 1. The van der Waals surface area contributed by atoms with Gasteiger partial charge in [0, 0.05) is 24.1 Å². The molecule has 0 amide bonds. The molecule has 1 fully saturated rings. The van der Waals surface area contributed by atoms with Crippen molar-refractivity contribution < 1.29 is 14.3 Å². The summed E-state index contributed by atoms with van der Waals surface area (Å²) in [7, 11) is 0. The van der Waals surface area contributed by atoms with Gasteiger partial charge in [-0.3, -0.25) is 4.90 Å². The van der Waals surface area contributed by atoms with E-state index in [9.17, 15) is 4.79 Å². The number of hydrogen-bond acceptors (Lipinski definition) is 4. The summed E-state index contributed by atoms with van der Waals surface area (Å²) in [5.74, 6) is 0.687. The summed E-state index contributed by atoms with van der Waals surface area (Å²) in [6, 6.07) is 15.9. The molecule has 1 unspecified atom stereocenters. The van der Waals surface area contributed by atoms with Crippen molar-refractivity contribution in [1.82, 2.24) is 9.88 Å². The Labute approximate surface area is 180 Å². The molecule has 1 aliphatic heterocycles. The lowest BCUT2D eigenvalue weighted by Crippen LogP contribution is -2.22. The number of nitrogens with zero attached hydrogens (tertiary/aromatic N) is 2. The minimum atomic E-state index is -0.944. The number of aromatic nitrogens is 1. The van der Waals surface area contributed by atoms with Gasteiger partial charge in [0.15, 0.2) is 0 Å². The zero-order valence-corrected chi connectivity index (χ0v) is 17.3. The van der Waals surface area contributed by atoms with E-state index in [1.54, 1.807) is 6.08 Å². The fraction of sp³-hybridized carbons (Fsp3) is 0.250. The summed E-state index contributed by atoms with van der Waals surface area (Å²) in [5, 5.41) is 9.46. The number of benzene rings is 2. The molecule has 5 nitrogen and oxygen atoms in total. The van der Waals surface area contributed by atoms with Crippen LogP contribution in [0.25, 0.3) is 6.08 Å². The number of carboxylic acid groups (broad SMARTS) is 1. The van der Waals surface area contributed by atoms with Crippen molar-refractivity contribution >= 4 is 23.6 Å². The molecule has 1 atom stereocenters. The topological polar surface area (TPSA) is 66.6 Å². The lowest BCUT2D eigenvalue weighted by molar-refractivity contribution is -0.131. The summed E-state index contributed by atoms with van der Waals surface area (Å²) < 4.78 is 6.09. The van der Waals surface area contributed by atoms with Gasteiger partial charge < -0.3 is 9.52 Å². The van der Waals surface area contributed by atoms with Crippen molar-refractivity contribution in [2.24, 2.45) is 0 Å². The first-order valence-corrected chi connectivity index (χ1v) is 10.4. The first-order valence-electron chi connectivity index (χ1n) is 10.00. The van der Waals surface area contributed by atoms with E-state index in [-0.39, 0.29) is 6.04 Å². The first-order chi connectivity index (χ1) is 14.6. The highest BCUT2D eigenvalue weighted by molar-refractivity contribution is 6.30.